The zero-order chi connectivity index (χ0) is 14.5. The van der Waals surface area contributed by atoms with Gasteiger partial charge in [-0.1, -0.05) is 18.2 Å². The molecule has 0 atom stereocenters. The highest BCUT2D eigenvalue weighted by atomic mass is 16.3. The number of pyridine rings is 1. The van der Waals surface area contributed by atoms with Crippen LogP contribution < -0.4 is 5.32 Å². The summed E-state index contributed by atoms with van der Waals surface area (Å²) >= 11 is 0. The molecule has 0 spiro atoms. The molecule has 0 fully saturated rings. The van der Waals surface area contributed by atoms with Crippen LogP contribution in [-0.2, 0) is 6.54 Å². The van der Waals surface area contributed by atoms with Crippen LogP contribution in [0.15, 0.2) is 48.8 Å². The topological polar surface area (TPSA) is 60.9 Å². The minimum absolute atomic E-state index is 0.232. The monoisotopic (exact) mass is 281 g/mol. The van der Waals surface area contributed by atoms with Crippen molar-refractivity contribution in [2.24, 2.45) is 0 Å². The summed E-state index contributed by atoms with van der Waals surface area (Å²) < 4.78 is 0. The molecule has 0 saturated heterocycles. The van der Waals surface area contributed by atoms with E-state index >= 15 is 0 Å². The molecule has 0 amide bonds. The molecule has 0 saturated carbocycles. The number of aliphatic hydroxyl groups excluding tert-OH is 1. The second kappa shape index (κ2) is 6.52. The number of benzene rings is 1. The smallest absolute Gasteiger partial charge is 0.137 e. The number of fused-ring (bicyclic) bond motifs is 1. The van der Waals surface area contributed by atoms with Crippen LogP contribution in [0.2, 0.25) is 0 Å². The Balaban J connectivity index is 1.84. The molecule has 0 bridgehead atoms. The summed E-state index contributed by atoms with van der Waals surface area (Å²) in [5.41, 5.74) is 4.55. The van der Waals surface area contributed by atoms with Crippen LogP contribution in [0.4, 0.5) is 0 Å². The summed E-state index contributed by atoms with van der Waals surface area (Å²) in [4.78, 5) is 7.47. The Kier molecular flexibility index (Phi) is 4.28. The SMILES string of the molecule is OCCCNCc1cccc(-c2ccnc3[nH]ccc23)c1. The maximum absolute atomic E-state index is 8.79. The van der Waals surface area contributed by atoms with E-state index in [4.69, 9.17) is 5.11 Å². The molecule has 108 valence electrons. The highest BCUT2D eigenvalue weighted by Gasteiger charge is 2.05. The van der Waals surface area contributed by atoms with Crippen LogP contribution in [-0.4, -0.2) is 28.2 Å². The highest BCUT2D eigenvalue weighted by molar-refractivity contribution is 5.92. The van der Waals surface area contributed by atoms with E-state index in [2.05, 4.69) is 51.7 Å². The molecule has 2 heterocycles. The molecule has 1 aromatic carbocycles. The summed E-state index contributed by atoms with van der Waals surface area (Å²) in [6.07, 6.45) is 4.54. The Bertz CT molecular complexity index is 721. The first-order chi connectivity index (χ1) is 10.4. The number of aromatic amines is 1. The van der Waals surface area contributed by atoms with E-state index in [-0.39, 0.29) is 6.61 Å². The van der Waals surface area contributed by atoms with Crippen molar-refractivity contribution in [1.82, 2.24) is 15.3 Å². The quantitative estimate of drug-likeness (QED) is 0.609. The minimum atomic E-state index is 0.232. The fourth-order valence-corrected chi connectivity index (χ4v) is 2.50. The lowest BCUT2D eigenvalue weighted by molar-refractivity contribution is 0.286. The van der Waals surface area contributed by atoms with Crippen LogP contribution in [0.1, 0.15) is 12.0 Å². The van der Waals surface area contributed by atoms with Gasteiger partial charge in [0.05, 0.1) is 0 Å². The first kappa shape index (κ1) is 13.8. The van der Waals surface area contributed by atoms with E-state index < -0.39 is 0 Å². The lowest BCUT2D eigenvalue weighted by atomic mass is 10.0. The van der Waals surface area contributed by atoms with Crippen molar-refractivity contribution < 1.29 is 5.11 Å². The third-order valence-electron chi connectivity index (χ3n) is 3.54. The molecule has 0 aliphatic heterocycles. The molecular formula is C17H19N3O. The standard InChI is InChI=1S/C17H19N3O/c21-10-2-7-18-12-13-3-1-4-14(11-13)15-5-8-19-17-16(15)6-9-20-17/h1,3-6,8-9,11,18,21H,2,7,10,12H2,(H,19,20). The number of rotatable bonds is 6. The molecule has 3 rings (SSSR count). The Labute approximate surface area is 123 Å². The average molecular weight is 281 g/mol. The van der Waals surface area contributed by atoms with Crippen molar-refractivity contribution in [1.29, 1.82) is 0 Å². The maximum Gasteiger partial charge on any atom is 0.137 e. The van der Waals surface area contributed by atoms with Gasteiger partial charge in [0, 0.05) is 30.9 Å². The van der Waals surface area contributed by atoms with Crippen molar-refractivity contribution in [3.63, 3.8) is 0 Å². The summed E-state index contributed by atoms with van der Waals surface area (Å²) in [7, 11) is 0. The molecule has 0 aliphatic carbocycles. The van der Waals surface area contributed by atoms with E-state index in [1.165, 1.54) is 16.7 Å². The second-order valence-electron chi connectivity index (χ2n) is 5.05. The number of aliphatic hydroxyl groups is 1. The largest absolute Gasteiger partial charge is 0.396 e. The zero-order valence-electron chi connectivity index (χ0n) is 11.8. The Hall–Kier alpha value is -2.17. The van der Waals surface area contributed by atoms with Gasteiger partial charge in [0.2, 0.25) is 0 Å². The normalized spacial score (nSPS) is 11.1. The van der Waals surface area contributed by atoms with Crippen molar-refractivity contribution in [2.45, 2.75) is 13.0 Å². The number of hydrogen-bond acceptors (Lipinski definition) is 3. The van der Waals surface area contributed by atoms with E-state index in [0.29, 0.717) is 0 Å². The van der Waals surface area contributed by atoms with Gasteiger partial charge in [0.15, 0.2) is 0 Å². The molecule has 3 N–H and O–H groups in total. The van der Waals surface area contributed by atoms with Gasteiger partial charge in [-0.15, -0.1) is 0 Å². The summed E-state index contributed by atoms with van der Waals surface area (Å²) in [5, 5.41) is 13.3. The lowest BCUT2D eigenvalue weighted by Gasteiger charge is -2.08. The molecule has 3 aromatic rings. The van der Waals surface area contributed by atoms with Crippen molar-refractivity contribution >= 4 is 11.0 Å². The van der Waals surface area contributed by atoms with Gasteiger partial charge in [-0.2, -0.15) is 0 Å². The maximum atomic E-state index is 8.79. The van der Waals surface area contributed by atoms with E-state index in [1.54, 1.807) is 0 Å². The predicted octanol–water partition coefficient (Wildman–Crippen LogP) is 2.70. The van der Waals surface area contributed by atoms with Gasteiger partial charge in [0.1, 0.15) is 5.65 Å². The van der Waals surface area contributed by atoms with Crippen LogP contribution >= 0.6 is 0 Å². The second-order valence-corrected chi connectivity index (χ2v) is 5.05. The molecule has 4 nitrogen and oxygen atoms in total. The Morgan fingerprint density at radius 1 is 1.19 bits per heavy atom. The molecule has 0 radical (unpaired) electrons. The van der Waals surface area contributed by atoms with Crippen LogP contribution in [0.25, 0.3) is 22.2 Å². The molecular weight excluding hydrogens is 262 g/mol. The van der Waals surface area contributed by atoms with Gasteiger partial charge < -0.3 is 15.4 Å². The molecule has 2 aromatic heterocycles. The van der Waals surface area contributed by atoms with Gasteiger partial charge in [-0.05, 0) is 47.9 Å². The van der Waals surface area contributed by atoms with Crippen LogP contribution in [0, 0.1) is 0 Å². The molecule has 4 heteroatoms. The highest BCUT2D eigenvalue weighted by Crippen LogP contribution is 2.27. The minimum Gasteiger partial charge on any atom is -0.396 e. The van der Waals surface area contributed by atoms with Crippen molar-refractivity contribution in [3.05, 3.63) is 54.4 Å². The molecule has 21 heavy (non-hydrogen) atoms. The van der Waals surface area contributed by atoms with Gasteiger partial charge in [-0.3, -0.25) is 0 Å². The molecule has 0 aliphatic rings. The lowest BCUT2D eigenvalue weighted by Crippen LogP contribution is -2.15. The average Bonchev–Trinajstić information content (AvgIpc) is 3.00. The third kappa shape index (κ3) is 3.12. The van der Waals surface area contributed by atoms with E-state index in [0.717, 1.165) is 30.5 Å². The number of nitrogens with zero attached hydrogens (tertiary/aromatic N) is 1. The number of hydrogen-bond donors (Lipinski definition) is 3. The van der Waals surface area contributed by atoms with E-state index in [1.807, 2.05) is 12.4 Å². The van der Waals surface area contributed by atoms with Crippen molar-refractivity contribution in [3.8, 4) is 11.1 Å². The van der Waals surface area contributed by atoms with Gasteiger partial charge >= 0.3 is 0 Å². The third-order valence-corrected chi connectivity index (χ3v) is 3.54. The van der Waals surface area contributed by atoms with Gasteiger partial charge in [-0.25, -0.2) is 4.98 Å². The Morgan fingerprint density at radius 2 is 2.14 bits per heavy atom. The molecule has 0 unspecified atom stereocenters. The van der Waals surface area contributed by atoms with Crippen LogP contribution in [0.5, 0.6) is 0 Å². The Morgan fingerprint density at radius 3 is 3.05 bits per heavy atom. The number of aromatic nitrogens is 2. The summed E-state index contributed by atoms with van der Waals surface area (Å²) in [6.45, 7) is 1.88. The first-order valence-corrected chi connectivity index (χ1v) is 7.21. The van der Waals surface area contributed by atoms with Gasteiger partial charge in [0.25, 0.3) is 0 Å². The first-order valence-electron chi connectivity index (χ1n) is 7.21. The van der Waals surface area contributed by atoms with Crippen LogP contribution in [0.3, 0.4) is 0 Å². The zero-order valence-corrected chi connectivity index (χ0v) is 11.8. The predicted molar refractivity (Wildman–Crippen MR) is 84.9 cm³/mol. The fourth-order valence-electron chi connectivity index (χ4n) is 2.50. The number of H-pyrrole nitrogens is 1. The summed E-state index contributed by atoms with van der Waals surface area (Å²) in [5.74, 6) is 0. The fraction of sp³-hybridized carbons (Fsp3) is 0.235. The van der Waals surface area contributed by atoms with E-state index in [9.17, 15) is 0 Å². The summed E-state index contributed by atoms with van der Waals surface area (Å²) in [6, 6.07) is 12.6. The van der Waals surface area contributed by atoms with Crippen molar-refractivity contribution in [2.75, 3.05) is 13.2 Å². The number of nitrogens with one attached hydrogen (secondary N) is 2.